The van der Waals surface area contributed by atoms with E-state index in [1.165, 1.54) is 0 Å². The van der Waals surface area contributed by atoms with Crippen LogP contribution in [0.3, 0.4) is 0 Å². The van der Waals surface area contributed by atoms with Gasteiger partial charge in [0.15, 0.2) is 5.75 Å². The number of nitrogens with zero attached hydrogens (tertiary/aromatic N) is 2. The number of carbonyl (C=O) groups excluding carboxylic acids is 1. The molecule has 0 radical (unpaired) electrons. The molecule has 2 aliphatic rings. The monoisotopic (exact) mass is 339 g/mol. The van der Waals surface area contributed by atoms with Crippen LogP contribution in [0.1, 0.15) is 6.92 Å². The molecule has 2 fully saturated rings. The van der Waals surface area contributed by atoms with Crippen molar-refractivity contribution in [1.82, 2.24) is 9.80 Å². The number of amides is 2. The number of hydrogen-bond acceptors (Lipinski definition) is 4. The van der Waals surface area contributed by atoms with Gasteiger partial charge in [-0.15, -0.1) is 0 Å². The molecule has 0 saturated carbocycles. The smallest absolute Gasteiger partial charge is 0.322 e. The first-order chi connectivity index (χ1) is 11.2. The zero-order chi connectivity index (χ0) is 16.2. The van der Waals surface area contributed by atoms with Gasteiger partial charge in [-0.25, -0.2) is 4.79 Å². The van der Waals surface area contributed by atoms with Crippen LogP contribution >= 0.6 is 11.6 Å². The van der Waals surface area contributed by atoms with Gasteiger partial charge in [0.1, 0.15) is 0 Å². The summed E-state index contributed by atoms with van der Waals surface area (Å²) in [6.07, 6.45) is 0. The van der Waals surface area contributed by atoms with Crippen molar-refractivity contribution in [3.63, 3.8) is 0 Å². The van der Waals surface area contributed by atoms with Crippen LogP contribution < -0.4 is 10.1 Å². The second-order valence-electron chi connectivity index (χ2n) is 5.69. The van der Waals surface area contributed by atoms with E-state index in [1.807, 2.05) is 6.92 Å². The Morgan fingerprint density at radius 3 is 2.83 bits per heavy atom. The van der Waals surface area contributed by atoms with E-state index in [2.05, 4.69) is 10.2 Å². The van der Waals surface area contributed by atoms with Gasteiger partial charge in [-0.05, 0) is 19.1 Å². The van der Waals surface area contributed by atoms with Crippen molar-refractivity contribution in [2.45, 2.75) is 13.0 Å². The van der Waals surface area contributed by atoms with E-state index in [1.54, 1.807) is 23.1 Å². The van der Waals surface area contributed by atoms with Crippen LogP contribution in [0.15, 0.2) is 18.2 Å². The highest BCUT2D eigenvalue weighted by Crippen LogP contribution is 2.33. The van der Waals surface area contributed by atoms with Crippen LogP contribution in [0, 0.1) is 0 Å². The van der Waals surface area contributed by atoms with Crippen molar-refractivity contribution in [3.05, 3.63) is 23.2 Å². The maximum Gasteiger partial charge on any atom is 0.322 e. The quantitative estimate of drug-likeness (QED) is 0.914. The first-order valence-electron chi connectivity index (χ1n) is 7.98. The van der Waals surface area contributed by atoms with Crippen LogP contribution in [-0.4, -0.2) is 67.9 Å². The van der Waals surface area contributed by atoms with Crippen molar-refractivity contribution in [2.75, 3.05) is 51.3 Å². The highest BCUT2D eigenvalue weighted by atomic mass is 35.5. The molecule has 3 rings (SSSR count). The Kier molecular flexibility index (Phi) is 5.25. The zero-order valence-electron chi connectivity index (χ0n) is 13.3. The highest BCUT2D eigenvalue weighted by molar-refractivity contribution is 6.32. The molecule has 2 heterocycles. The number of likely N-dealkylation sites (tertiary alicyclic amines) is 1. The summed E-state index contributed by atoms with van der Waals surface area (Å²) in [5, 5.41) is 3.40. The standard InChI is InChI=1S/C16H22ClN3O3/c1-2-23-15-13(17)4-3-5-14(15)18-16(21)20-10-12(11-20)19-6-8-22-9-7-19/h3-5,12H,2,6-11H2,1H3,(H,18,21). The van der Waals surface area contributed by atoms with Gasteiger partial charge in [0.2, 0.25) is 0 Å². The average molecular weight is 340 g/mol. The first-order valence-corrected chi connectivity index (χ1v) is 8.36. The number of ether oxygens (including phenoxy) is 2. The number of nitrogens with one attached hydrogen (secondary N) is 1. The third kappa shape index (κ3) is 3.71. The minimum absolute atomic E-state index is 0.113. The van der Waals surface area contributed by atoms with Crippen molar-refractivity contribution in [1.29, 1.82) is 0 Å². The Labute approximate surface area is 141 Å². The molecule has 0 aliphatic carbocycles. The van der Waals surface area contributed by atoms with Crippen LogP contribution in [-0.2, 0) is 4.74 Å². The molecule has 0 unspecified atom stereocenters. The summed E-state index contributed by atoms with van der Waals surface area (Å²) in [6.45, 7) is 7.33. The lowest BCUT2D eigenvalue weighted by atomic mass is 10.1. The fourth-order valence-electron chi connectivity index (χ4n) is 2.89. The summed E-state index contributed by atoms with van der Waals surface area (Å²) in [7, 11) is 0. The normalized spacial score (nSPS) is 19.3. The lowest BCUT2D eigenvalue weighted by Gasteiger charge is -2.46. The fourth-order valence-corrected chi connectivity index (χ4v) is 3.12. The number of anilines is 1. The van der Waals surface area contributed by atoms with E-state index in [0.29, 0.717) is 29.1 Å². The summed E-state index contributed by atoms with van der Waals surface area (Å²) >= 11 is 6.14. The van der Waals surface area contributed by atoms with Crippen molar-refractivity contribution in [2.24, 2.45) is 0 Å². The fraction of sp³-hybridized carbons (Fsp3) is 0.562. The molecule has 7 heteroatoms. The van der Waals surface area contributed by atoms with Gasteiger partial charge < -0.3 is 19.7 Å². The molecule has 0 spiro atoms. The third-order valence-corrected chi connectivity index (χ3v) is 4.51. The maximum absolute atomic E-state index is 12.4. The Morgan fingerprint density at radius 2 is 2.13 bits per heavy atom. The second-order valence-corrected chi connectivity index (χ2v) is 6.09. The number of morpholine rings is 1. The summed E-state index contributed by atoms with van der Waals surface area (Å²) in [6, 6.07) is 5.68. The molecule has 126 valence electrons. The van der Waals surface area contributed by atoms with Gasteiger partial charge in [0, 0.05) is 32.2 Å². The predicted molar refractivity (Wildman–Crippen MR) is 89.4 cm³/mol. The Balaban J connectivity index is 1.55. The Bertz CT molecular complexity index is 558. The van der Waals surface area contributed by atoms with Gasteiger partial charge in [-0.2, -0.15) is 0 Å². The largest absolute Gasteiger partial charge is 0.490 e. The topological polar surface area (TPSA) is 54.0 Å². The summed E-state index contributed by atoms with van der Waals surface area (Å²) in [5.74, 6) is 0.523. The van der Waals surface area contributed by atoms with E-state index in [4.69, 9.17) is 21.1 Å². The molecule has 2 aliphatic heterocycles. The second kappa shape index (κ2) is 7.38. The minimum Gasteiger partial charge on any atom is -0.490 e. The van der Waals surface area contributed by atoms with Crippen molar-refractivity contribution >= 4 is 23.3 Å². The van der Waals surface area contributed by atoms with Gasteiger partial charge in [-0.3, -0.25) is 4.90 Å². The Morgan fingerprint density at radius 1 is 1.39 bits per heavy atom. The summed E-state index contributed by atoms with van der Waals surface area (Å²) in [4.78, 5) is 16.6. The SMILES string of the molecule is CCOc1c(Cl)cccc1NC(=O)N1CC(N2CCOCC2)C1. The van der Waals surface area contributed by atoms with E-state index in [-0.39, 0.29) is 6.03 Å². The van der Waals surface area contributed by atoms with Crippen LogP contribution in [0.25, 0.3) is 0 Å². The third-order valence-electron chi connectivity index (χ3n) is 4.21. The zero-order valence-corrected chi connectivity index (χ0v) is 14.0. The average Bonchev–Trinajstić information content (AvgIpc) is 2.50. The number of hydrogen-bond donors (Lipinski definition) is 1. The highest BCUT2D eigenvalue weighted by Gasteiger charge is 2.35. The van der Waals surface area contributed by atoms with Crippen molar-refractivity contribution < 1.29 is 14.3 Å². The molecule has 2 saturated heterocycles. The lowest BCUT2D eigenvalue weighted by Crippen LogP contribution is -2.63. The van der Waals surface area contributed by atoms with E-state index >= 15 is 0 Å². The number of urea groups is 1. The molecule has 0 aromatic heterocycles. The van der Waals surface area contributed by atoms with Gasteiger partial charge in [-0.1, -0.05) is 17.7 Å². The molecule has 23 heavy (non-hydrogen) atoms. The molecule has 0 atom stereocenters. The molecule has 1 aromatic carbocycles. The molecule has 1 N–H and O–H groups in total. The molecular formula is C16H22ClN3O3. The summed E-state index contributed by atoms with van der Waals surface area (Å²) < 4.78 is 10.9. The molecule has 6 nitrogen and oxygen atoms in total. The number of benzene rings is 1. The van der Waals surface area contributed by atoms with Gasteiger partial charge >= 0.3 is 6.03 Å². The summed E-state index contributed by atoms with van der Waals surface area (Å²) in [5.41, 5.74) is 0.610. The van der Waals surface area contributed by atoms with Gasteiger partial charge in [0.25, 0.3) is 0 Å². The van der Waals surface area contributed by atoms with E-state index in [0.717, 1.165) is 39.4 Å². The minimum atomic E-state index is -0.113. The number of carbonyl (C=O) groups is 1. The molecular weight excluding hydrogens is 318 g/mol. The predicted octanol–water partition coefficient (Wildman–Crippen LogP) is 2.29. The molecule has 2 amide bonds. The Hall–Kier alpha value is -1.50. The first kappa shape index (κ1) is 16.4. The van der Waals surface area contributed by atoms with Crippen LogP contribution in [0.4, 0.5) is 10.5 Å². The van der Waals surface area contributed by atoms with E-state index < -0.39 is 0 Å². The van der Waals surface area contributed by atoms with Gasteiger partial charge in [0.05, 0.1) is 30.5 Å². The van der Waals surface area contributed by atoms with Crippen LogP contribution in [0.5, 0.6) is 5.75 Å². The van der Waals surface area contributed by atoms with Crippen molar-refractivity contribution in [3.8, 4) is 5.75 Å². The molecule has 1 aromatic rings. The van der Waals surface area contributed by atoms with E-state index in [9.17, 15) is 4.79 Å². The van der Waals surface area contributed by atoms with Crippen LogP contribution in [0.2, 0.25) is 5.02 Å². The number of para-hydroxylation sites is 1. The maximum atomic E-state index is 12.4. The number of halogens is 1. The molecule has 0 bridgehead atoms. The lowest BCUT2D eigenvalue weighted by molar-refractivity contribution is -0.0189. The number of rotatable bonds is 4.